The molecule has 0 aliphatic heterocycles. The lowest BCUT2D eigenvalue weighted by molar-refractivity contribution is 0.101. The molecule has 0 aromatic carbocycles. The van der Waals surface area contributed by atoms with Gasteiger partial charge in [-0.05, 0) is 67.2 Å². The summed E-state index contributed by atoms with van der Waals surface area (Å²) in [4.78, 5) is 0. The van der Waals surface area contributed by atoms with E-state index >= 15 is 0 Å². The predicted molar refractivity (Wildman–Crippen MR) is 82.1 cm³/mol. The second-order valence-corrected chi connectivity index (χ2v) is 8.89. The van der Waals surface area contributed by atoms with Gasteiger partial charge < -0.3 is 5.32 Å². The van der Waals surface area contributed by atoms with E-state index in [2.05, 4.69) is 33.0 Å². The fourth-order valence-electron chi connectivity index (χ4n) is 5.84. The summed E-state index contributed by atoms with van der Waals surface area (Å²) in [6.45, 7) is 11.3. The molecule has 0 aromatic rings. The minimum atomic E-state index is 0.521. The van der Waals surface area contributed by atoms with E-state index < -0.39 is 0 Å². The molecule has 3 aliphatic carbocycles. The summed E-state index contributed by atoms with van der Waals surface area (Å²) in [5.74, 6) is 2.88. The number of rotatable bonds is 3. The van der Waals surface area contributed by atoms with Gasteiger partial charge in [-0.3, -0.25) is 0 Å². The summed E-state index contributed by atoms with van der Waals surface area (Å²) in [7, 11) is 0. The van der Waals surface area contributed by atoms with E-state index in [-0.39, 0.29) is 0 Å². The Hall–Kier alpha value is -0.0400. The van der Waals surface area contributed by atoms with Crippen molar-refractivity contribution in [2.45, 2.75) is 78.7 Å². The number of nitrogens with one attached hydrogen (secondary N) is 1. The largest absolute Gasteiger partial charge is 0.313 e. The minimum absolute atomic E-state index is 0.521. The Bertz CT molecular complexity index is 330. The summed E-state index contributed by atoms with van der Waals surface area (Å²) >= 11 is 0. The van der Waals surface area contributed by atoms with Gasteiger partial charge in [-0.15, -0.1) is 0 Å². The van der Waals surface area contributed by atoms with Crippen molar-refractivity contribution in [1.82, 2.24) is 5.32 Å². The van der Waals surface area contributed by atoms with Crippen molar-refractivity contribution in [3.8, 4) is 0 Å². The lowest BCUT2D eigenvalue weighted by Crippen LogP contribution is -2.51. The highest BCUT2D eigenvalue weighted by Crippen LogP contribution is 2.62. The van der Waals surface area contributed by atoms with Crippen molar-refractivity contribution in [3.63, 3.8) is 0 Å². The van der Waals surface area contributed by atoms with Crippen molar-refractivity contribution >= 4 is 0 Å². The molecule has 3 aliphatic rings. The van der Waals surface area contributed by atoms with Crippen LogP contribution in [0.25, 0.3) is 0 Å². The molecule has 2 bridgehead atoms. The van der Waals surface area contributed by atoms with Crippen molar-refractivity contribution in [2.24, 2.45) is 28.6 Å². The van der Waals surface area contributed by atoms with Gasteiger partial charge >= 0.3 is 0 Å². The summed E-state index contributed by atoms with van der Waals surface area (Å²) in [5.41, 5.74) is 1.11. The van der Waals surface area contributed by atoms with Crippen molar-refractivity contribution in [2.75, 3.05) is 6.54 Å². The van der Waals surface area contributed by atoms with Crippen molar-refractivity contribution in [1.29, 1.82) is 0 Å². The molecule has 0 saturated heterocycles. The molecule has 110 valence electrons. The van der Waals surface area contributed by atoms with Gasteiger partial charge in [0.2, 0.25) is 0 Å². The molecule has 0 spiro atoms. The van der Waals surface area contributed by atoms with E-state index in [1.54, 1.807) is 0 Å². The highest BCUT2D eigenvalue weighted by Gasteiger charge is 2.58. The molecule has 5 atom stereocenters. The molecule has 0 aromatic heterocycles. The normalized spacial score (nSPS) is 48.6. The average Bonchev–Trinajstić information content (AvgIpc) is 2.80. The molecular formula is C18H33N. The topological polar surface area (TPSA) is 12.0 Å². The summed E-state index contributed by atoms with van der Waals surface area (Å²) in [5, 5.41) is 4.03. The smallest absolute Gasteiger partial charge is 0.0175 e. The zero-order valence-electron chi connectivity index (χ0n) is 13.5. The molecular weight excluding hydrogens is 230 g/mol. The second-order valence-electron chi connectivity index (χ2n) is 8.89. The van der Waals surface area contributed by atoms with Crippen molar-refractivity contribution in [3.05, 3.63) is 0 Å². The van der Waals surface area contributed by atoms with E-state index in [1.165, 1.54) is 51.5 Å². The van der Waals surface area contributed by atoms with E-state index in [0.29, 0.717) is 10.8 Å². The Morgan fingerprint density at radius 3 is 2.53 bits per heavy atom. The van der Waals surface area contributed by atoms with Crippen LogP contribution in [0.2, 0.25) is 0 Å². The van der Waals surface area contributed by atoms with Gasteiger partial charge in [0.05, 0.1) is 0 Å². The number of hydrogen-bond donors (Lipinski definition) is 1. The average molecular weight is 263 g/mol. The molecule has 3 fully saturated rings. The van der Waals surface area contributed by atoms with Gasteiger partial charge in [0.1, 0.15) is 0 Å². The Kier molecular flexibility index (Phi) is 3.48. The molecule has 1 N–H and O–H groups in total. The molecule has 19 heavy (non-hydrogen) atoms. The summed E-state index contributed by atoms with van der Waals surface area (Å²) in [6, 6.07) is 0.760. The lowest BCUT2D eigenvalue weighted by Gasteiger charge is -2.44. The zero-order valence-corrected chi connectivity index (χ0v) is 13.5. The number of fused-ring (bicyclic) bond motifs is 2. The minimum Gasteiger partial charge on any atom is -0.313 e. The van der Waals surface area contributed by atoms with Gasteiger partial charge in [0.25, 0.3) is 0 Å². The van der Waals surface area contributed by atoms with E-state index in [9.17, 15) is 0 Å². The Balaban J connectivity index is 1.60. The van der Waals surface area contributed by atoms with Crippen LogP contribution in [0.1, 0.15) is 72.6 Å². The molecule has 3 rings (SSSR count). The summed E-state index contributed by atoms with van der Waals surface area (Å²) in [6.07, 6.45) is 10.2. The third-order valence-corrected chi connectivity index (χ3v) is 6.93. The van der Waals surface area contributed by atoms with Crippen LogP contribution in [-0.4, -0.2) is 12.6 Å². The molecule has 1 heteroatoms. The van der Waals surface area contributed by atoms with Crippen LogP contribution in [0.5, 0.6) is 0 Å². The first-order valence-electron chi connectivity index (χ1n) is 8.65. The van der Waals surface area contributed by atoms with E-state index in [1.807, 2.05) is 0 Å². The molecule has 3 saturated carbocycles. The molecule has 0 amide bonds. The van der Waals surface area contributed by atoms with Crippen LogP contribution in [-0.2, 0) is 0 Å². The van der Waals surface area contributed by atoms with Crippen LogP contribution in [0.4, 0.5) is 0 Å². The fraction of sp³-hybridized carbons (Fsp3) is 1.00. The van der Waals surface area contributed by atoms with Crippen LogP contribution in [0.15, 0.2) is 0 Å². The molecule has 3 unspecified atom stereocenters. The third-order valence-electron chi connectivity index (χ3n) is 6.93. The van der Waals surface area contributed by atoms with Gasteiger partial charge in [-0.2, -0.15) is 0 Å². The van der Waals surface area contributed by atoms with Gasteiger partial charge in [-0.25, -0.2) is 0 Å². The second kappa shape index (κ2) is 4.76. The summed E-state index contributed by atoms with van der Waals surface area (Å²) < 4.78 is 0. The Labute approximate surface area is 119 Å². The Morgan fingerprint density at radius 2 is 1.89 bits per heavy atom. The maximum atomic E-state index is 4.03. The lowest BCUT2D eigenvalue weighted by atomic mass is 9.68. The van der Waals surface area contributed by atoms with Gasteiger partial charge in [-0.1, -0.05) is 40.5 Å². The number of hydrogen-bond acceptors (Lipinski definition) is 1. The third kappa shape index (κ3) is 2.37. The molecule has 0 radical (unpaired) electrons. The first-order valence-corrected chi connectivity index (χ1v) is 8.65. The molecule has 0 heterocycles. The van der Waals surface area contributed by atoms with Crippen LogP contribution < -0.4 is 5.32 Å². The quantitative estimate of drug-likeness (QED) is 0.783. The highest BCUT2D eigenvalue weighted by atomic mass is 15.0. The predicted octanol–water partition coefficient (Wildman–Crippen LogP) is 4.62. The maximum absolute atomic E-state index is 4.03. The van der Waals surface area contributed by atoms with Crippen LogP contribution in [0.3, 0.4) is 0 Å². The van der Waals surface area contributed by atoms with E-state index in [0.717, 1.165) is 23.8 Å². The van der Waals surface area contributed by atoms with E-state index in [4.69, 9.17) is 0 Å². The SMILES string of the molecule is CC1CCCC(CNC2C(C)(C)[C@H]3CC[C@]2(C)C3)C1. The van der Waals surface area contributed by atoms with Gasteiger partial charge in [0, 0.05) is 6.04 Å². The first kappa shape index (κ1) is 13.9. The maximum Gasteiger partial charge on any atom is 0.0175 e. The molecule has 1 nitrogen and oxygen atoms in total. The van der Waals surface area contributed by atoms with Crippen LogP contribution >= 0.6 is 0 Å². The highest BCUT2D eigenvalue weighted by molar-refractivity contribution is 5.12. The fourth-order valence-corrected chi connectivity index (χ4v) is 5.84. The monoisotopic (exact) mass is 263 g/mol. The van der Waals surface area contributed by atoms with Crippen molar-refractivity contribution < 1.29 is 0 Å². The standard InChI is InChI=1S/C18H33N/c1-13-6-5-7-14(10-13)12-19-16-17(2,3)15-8-9-18(16,4)11-15/h13-16,19H,5-12H2,1-4H3/t13?,14?,15-,16?,18+/m0/s1. The van der Waals surface area contributed by atoms with Gasteiger partial charge in [0.15, 0.2) is 0 Å². The Morgan fingerprint density at radius 1 is 1.11 bits per heavy atom. The zero-order chi connectivity index (χ0) is 13.7. The first-order chi connectivity index (χ1) is 8.92. The van der Waals surface area contributed by atoms with Crippen LogP contribution in [0, 0.1) is 28.6 Å².